The first-order valence-electron chi connectivity index (χ1n) is 5.15. The van der Waals surface area contributed by atoms with Crippen molar-refractivity contribution in [2.45, 2.75) is 0 Å². The zero-order valence-corrected chi connectivity index (χ0v) is 18.2. The summed E-state index contributed by atoms with van der Waals surface area (Å²) in [7, 11) is -18.2. The van der Waals surface area contributed by atoms with Crippen molar-refractivity contribution in [1.29, 1.82) is 0 Å². The molecule has 0 aliphatic carbocycles. The van der Waals surface area contributed by atoms with Gasteiger partial charge < -0.3 is 48.9 Å². The van der Waals surface area contributed by atoms with Crippen LogP contribution in [0.3, 0.4) is 0 Å². The first-order chi connectivity index (χ1) is 10.0. The van der Waals surface area contributed by atoms with Crippen molar-refractivity contribution in [1.82, 2.24) is 0 Å². The molecule has 10 N–H and O–H groups in total. The fraction of sp³-hybridized carbons (Fsp3) is 1.00. The van der Waals surface area contributed by atoms with Gasteiger partial charge in [-0.3, -0.25) is 22.8 Å². The standard InChI is InChI=1S/5CH5O3P.Na.H/c5*1-5(2,3)4;;/h5*1H3,(H2,2,3,4);;. The van der Waals surface area contributed by atoms with Gasteiger partial charge in [0.15, 0.2) is 0 Å². The van der Waals surface area contributed by atoms with Gasteiger partial charge in [0.05, 0.1) is 0 Å². The molecule has 0 bridgehead atoms. The molecule has 21 heteroatoms. The monoisotopic (exact) mass is 504 g/mol. The van der Waals surface area contributed by atoms with E-state index in [1.807, 2.05) is 0 Å². The van der Waals surface area contributed by atoms with Crippen LogP contribution in [0.1, 0.15) is 0 Å². The van der Waals surface area contributed by atoms with E-state index < -0.39 is 38.0 Å². The van der Waals surface area contributed by atoms with Gasteiger partial charge in [0, 0.05) is 33.3 Å². The third kappa shape index (κ3) is 5150. The SMILES string of the molecule is CP(=O)(O)O.CP(=O)(O)O.CP(=O)(O)O.CP(=O)(O)O.CP(=O)(O)O.[NaH]. The Balaban J connectivity index is -0.0000000476. The molecule has 162 valence electrons. The van der Waals surface area contributed by atoms with Crippen LogP contribution in [0.4, 0.5) is 0 Å². The molecule has 0 amide bonds. The van der Waals surface area contributed by atoms with E-state index in [1.54, 1.807) is 0 Å². The Kier molecular flexibility index (Phi) is 28.4. The molecule has 0 radical (unpaired) electrons. The molecule has 0 aliphatic rings. The van der Waals surface area contributed by atoms with Crippen LogP contribution in [-0.2, 0) is 22.8 Å². The molecule has 0 aromatic heterocycles. The Labute approximate surface area is 172 Å². The van der Waals surface area contributed by atoms with Crippen molar-refractivity contribution in [2.24, 2.45) is 0 Å². The van der Waals surface area contributed by atoms with Crippen molar-refractivity contribution in [3.05, 3.63) is 0 Å². The molecule has 15 nitrogen and oxygen atoms in total. The molecule has 0 spiro atoms. The predicted octanol–water partition coefficient (Wildman–Crippen LogP) is -1.68. The van der Waals surface area contributed by atoms with E-state index in [2.05, 4.69) is 0 Å². The van der Waals surface area contributed by atoms with E-state index in [4.69, 9.17) is 48.9 Å². The summed E-state index contributed by atoms with van der Waals surface area (Å²) in [5.74, 6) is 0. The molecule has 0 unspecified atom stereocenters. The molecule has 0 aromatic rings. The van der Waals surface area contributed by atoms with E-state index in [1.165, 1.54) is 0 Å². The van der Waals surface area contributed by atoms with Gasteiger partial charge in [0.1, 0.15) is 0 Å². The van der Waals surface area contributed by atoms with Gasteiger partial charge in [-0.2, -0.15) is 0 Å². The van der Waals surface area contributed by atoms with Crippen molar-refractivity contribution < 1.29 is 71.8 Å². The second kappa shape index (κ2) is 17.6. The van der Waals surface area contributed by atoms with E-state index in [0.29, 0.717) is 0 Å². The summed E-state index contributed by atoms with van der Waals surface area (Å²) in [6.45, 7) is 4.27. The van der Waals surface area contributed by atoms with Crippen LogP contribution in [0.5, 0.6) is 0 Å². The van der Waals surface area contributed by atoms with E-state index in [-0.39, 0.29) is 29.6 Å². The maximum absolute atomic E-state index is 9.33. The summed E-state index contributed by atoms with van der Waals surface area (Å²) >= 11 is 0. The molecule has 0 rings (SSSR count). The van der Waals surface area contributed by atoms with Gasteiger partial charge in [-0.1, -0.05) is 0 Å². The van der Waals surface area contributed by atoms with Crippen LogP contribution in [0.15, 0.2) is 0 Å². The van der Waals surface area contributed by atoms with Crippen molar-refractivity contribution >= 4 is 67.5 Å². The second-order valence-corrected chi connectivity index (χ2v) is 12.5. The number of hydrogen-bond donors (Lipinski definition) is 10. The van der Waals surface area contributed by atoms with Gasteiger partial charge >= 0.3 is 67.5 Å². The molecule has 0 heterocycles. The molecule has 0 saturated carbocycles. The van der Waals surface area contributed by atoms with E-state index in [9.17, 15) is 22.8 Å². The first kappa shape index (κ1) is 42.0. The molecule has 0 aromatic carbocycles. The minimum atomic E-state index is -3.64. The Morgan fingerprint density at radius 2 is 0.346 bits per heavy atom. The Morgan fingerprint density at radius 3 is 0.346 bits per heavy atom. The molecule has 0 saturated heterocycles. The predicted molar refractivity (Wildman–Crippen MR) is 97.0 cm³/mol. The van der Waals surface area contributed by atoms with Gasteiger partial charge in [0.25, 0.3) is 0 Å². The molecule has 0 atom stereocenters. The Bertz CT molecular complexity index is 387. The van der Waals surface area contributed by atoms with E-state index in [0.717, 1.165) is 33.3 Å². The fourth-order valence-electron chi connectivity index (χ4n) is 0. The molecular formula is C5H26NaO15P5. The molecule has 26 heavy (non-hydrogen) atoms. The number of rotatable bonds is 0. The van der Waals surface area contributed by atoms with Crippen LogP contribution in [0, 0.1) is 0 Å². The average Bonchev–Trinajstić information content (AvgIpc) is 1.79. The average molecular weight is 504 g/mol. The normalized spacial score (nSPS) is 11.3. The van der Waals surface area contributed by atoms with Crippen LogP contribution >= 0.6 is 38.0 Å². The third-order valence-corrected chi connectivity index (χ3v) is 0. The number of hydrogen-bond acceptors (Lipinski definition) is 5. The van der Waals surface area contributed by atoms with Gasteiger partial charge in [-0.05, 0) is 0 Å². The summed E-state index contributed by atoms with van der Waals surface area (Å²) in [6, 6.07) is 0. The zero-order chi connectivity index (χ0) is 22.5. The quantitative estimate of drug-likeness (QED) is 0.130. The molecule has 0 fully saturated rings. The topological polar surface area (TPSA) is 288 Å². The van der Waals surface area contributed by atoms with Gasteiger partial charge in [-0.15, -0.1) is 0 Å². The minimum absolute atomic E-state index is 0. The van der Waals surface area contributed by atoms with Gasteiger partial charge in [0.2, 0.25) is 0 Å². The van der Waals surface area contributed by atoms with Crippen LogP contribution in [0.2, 0.25) is 0 Å². The maximum atomic E-state index is 9.33. The summed E-state index contributed by atoms with van der Waals surface area (Å²) in [5.41, 5.74) is 0. The Morgan fingerprint density at radius 1 is 0.346 bits per heavy atom. The summed E-state index contributed by atoms with van der Waals surface area (Å²) in [4.78, 5) is 76.3. The van der Waals surface area contributed by atoms with Crippen molar-refractivity contribution in [3.63, 3.8) is 0 Å². The van der Waals surface area contributed by atoms with Crippen molar-refractivity contribution in [3.8, 4) is 0 Å². The Hall–Kier alpha value is 1.75. The van der Waals surface area contributed by atoms with Gasteiger partial charge in [-0.25, -0.2) is 0 Å². The molecular weight excluding hydrogens is 478 g/mol. The fourth-order valence-corrected chi connectivity index (χ4v) is 0. The van der Waals surface area contributed by atoms with Crippen molar-refractivity contribution in [2.75, 3.05) is 33.3 Å². The van der Waals surface area contributed by atoms with Crippen LogP contribution in [-0.4, -0.2) is 112 Å². The molecule has 0 aliphatic heterocycles. The first-order valence-corrected chi connectivity index (χ1v) is 15.4. The zero-order valence-electron chi connectivity index (χ0n) is 13.7. The van der Waals surface area contributed by atoms with E-state index >= 15 is 0 Å². The summed E-state index contributed by atoms with van der Waals surface area (Å²) in [5, 5.41) is 0. The van der Waals surface area contributed by atoms with Crippen LogP contribution < -0.4 is 0 Å². The second-order valence-electron chi connectivity index (χ2n) is 4.18. The summed E-state index contributed by atoms with van der Waals surface area (Å²) in [6.07, 6.45) is 0. The third-order valence-electron chi connectivity index (χ3n) is 0. The summed E-state index contributed by atoms with van der Waals surface area (Å²) < 4.78 is 46.6. The van der Waals surface area contributed by atoms with Crippen LogP contribution in [0.25, 0.3) is 0 Å².